The quantitative estimate of drug-likeness (QED) is 0.859. The van der Waals surface area contributed by atoms with Crippen LogP contribution in [0.3, 0.4) is 0 Å². The lowest BCUT2D eigenvalue weighted by Gasteiger charge is -2.31. The Morgan fingerprint density at radius 1 is 1.12 bits per heavy atom. The molecule has 6 nitrogen and oxygen atoms in total. The molecule has 1 N–H and O–H groups in total. The van der Waals surface area contributed by atoms with Gasteiger partial charge in [0.1, 0.15) is 0 Å². The van der Waals surface area contributed by atoms with E-state index in [0.717, 1.165) is 44.3 Å². The van der Waals surface area contributed by atoms with Crippen molar-refractivity contribution < 1.29 is 23.8 Å². The number of hydrogen-bond acceptors (Lipinski definition) is 5. The number of esters is 1. The lowest BCUT2D eigenvalue weighted by molar-refractivity contribution is -0.148. The predicted octanol–water partition coefficient (Wildman–Crippen LogP) is 3.01. The third-order valence-electron chi connectivity index (χ3n) is 4.69. The third-order valence-corrected chi connectivity index (χ3v) is 4.69. The number of rotatable bonds is 4. The number of fused-ring (bicyclic) bond motifs is 1. The maximum Gasteiger partial charge on any atom is 0.309 e. The second-order valence-corrected chi connectivity index (χ2v) is 6.77. The molecule has 0 radical (unpaired) electrons. The Labute approximate surface area is 140 Å². The van der Waals surface area contributed by atoms with Crippen molar-refractivity contribution in [2.75, 3.05) is 11.9 Å². The van der Waals surface area contributed by atoms with Crippen LogP contribution in [0.5, 0.6) is 11.5 Å². The number of anilines is 1. The minimum atomic E-state index is -0.525. The van der Waals surface area contributed by atoms with Gasteiger partial charge in [0.2, 0.25) is 0 Å². The van der Waals surface area contributed by atoms with Gasteiger partial charge in [0.15, 0.2) is 18.1 Å². The van der Waals surface area contributed by atoms with Crippen molar-refractivity contribution in [3.63, 3.8) is 0 Å². The molecule has 2 aliphatic carbocycles. The molecule has 0 aromatic heterocycles. The van der Waals surface area contributed by atoms with Gasteiger partial charge in [-0.15, -0.1) is 0 Å². The molecule has 1 aromatic carbocycles. The molecule has 0 saturated heterocycles. The van der Waals surface area contributed by atoms with Gasteiger partial charge in [-0.25, -0.2) is 0 Å². The first-order valence-corrected chi connectivity index (χ1v) is 8.62. The topological polar surface area (TPSA) is 73.9 Å². The van der Waals surface area contributed by atoms with E-state index in [2.05, 4.69) is 5.32 Å². The van der Waals surface area contributed by atoms with E-state index in [4.69, 9.17) is 14.2 Å². The highest BCUT2D eigenvalue weighted by atomic mass is 16.7. The summed E-state index contributed by atoms with van der Waals surface area (Å²) in [6, 6.07) is 5.34. The lowest BCUT2D eigenvalue weighted by Crippen LogP contribution is -2.40. The summed E-state index contributed by atoms with van der Waals surface area (Å²) in [7, 11) is 0. The maximum absolute atomic E-state index is 11.9. The molecule has 1 heterocycles. The molecular formula is C18H21NO5. The van der Waals surface area contributed by atoms with Crippen molar-refractivity contribution >= 4 is 17.6 Å². The average molecular weight is 331 g/mol. The fourth-order valence-electron chi connectivity index (χ4n) is 3.24. The van der Waals surface area contributed by atoms with Crippen molar-refractivity contribution in [2.45, 2.75) is 50.7 Å². The number of ether oxygens (including phenoxy) is 3. The molecule has 0 atom stereocenters. The Bertz CT molecular complexity index is 661. The monoisotopic (exact) mass is 331 g/mol. The summed E-state index contributed by atoms with van der Waals surface area (Å²) in [6.07, 6.45) is 6.93. The molecule has 1 aliphatic heterocycles. The molecule has 24 heavy (non-hydrogen) atoms. The van der Waals surface area contributed by atoms with E-state index < -0.39 is 5.79 Å². The minimum absolute atomic E-state index is 0.00461. The third kappa shape index (κ3) is 3.18. The number of amides is 1. The number of carbonyl (C=O) groups excluding carboxylic acids is 2. The standard InChI is InChI=1S/C18H21NO5/c20-16(11-22-17(21)12-4-5-12)19-13-6-7-14-15(10-13)24-18(23-14)8-2-1-3-9-18/h6-7,10,12H,1-5,8-9,11H2,(H,19,20). The summed E-state index contributed by atoms with van der Waals surface area (Å²) in [4.78, 5) is 23.3. The van der Waals surface area contributed by atoms with Crippen LogP contribution in [0.15, 0.2) is 18.2 Å². The van der Waals surface area contributed by atoms with Gasteiger partial charge in [0.25, 0.3) is 11.7 Å². The van der Waals surface area contributed by atoms with Crippen LogP contribution in [-0.4, -0.2) is 24.3 Å². The first-order valence-electron chi connectivity index (χ1n) is 8.62. The van der Waals surface area contributed by atoms with Crippen LogP contribution in [0.4, 0.5) is 5.69 Å². The van der Waals surface area contributed by atoms with Crippen molar-refractivity contribution in [3.8, 4) is 11.5 Å². The molecule has 0 unspecified atom stereocenters. The number of nitrogens with one attached hydrogen (secondary N) is 1. The van der Waals surface area contributed by atoms with Crippen LogP contribution < -0.4 is 14.8 Å². The van der Waals surface area contributed by atoms with Crippen LogP contribution in [0, 0.1) is 5.92 Å². The Morgan fingerprint density at radius 2 is 1.88 bits per heavy atom. The normalized spacial score (nSPS) is 20.7. The molecule has 1 spiro atoms. The van der Waals surface area contributed by atoms with Crippen molar-refractivity contribution in [1.29, 1.82) is 0 Å². The average Bonchev–Trinajstić information content (AvgIpc) is 3.36. The smallest absolute Gasteiger partial charge is 0.309 e. The zero-order valence-corrected chi connectivity index (χ0v) is 13.5. The number of hydrogen-bond donors (Lipinski definition) is 1. The van der Waals surface area contributed by atoms with Gasteiger partial charge in [0.05, 0.1) is 5.92 Å². The second kappa shape index (κ2) is 6.00. The number of carbonyl (C=O) groups is 2. The first kappa shape index (κ1) is 15.3. The van der Waals surface area contributed by atoms with E-state index in [0.29, 0.717) is 11.4 Å². The van der Waals surface area contributed by atoms with Crippen molar-refractivity contribution in [2.24, 2.45) is 5.92 Å². The van der Waals surface area contributed by atoms with E-state index in [1.807, 2.05) is 6.07 Å². The predicted molar refractivity (Wildman–Crippen MR) is 85.8 cm³/mol. The van der Waals surface area contributed by atoms with E-state index in [1.54, 1.807) is 12.1 Å². The summed E-state index contributed by atoms with van der Waals surface area (Å²) >= 11 is 0. The van der Waals surface area contributed by atoms with Crippen LogP contribution in [0.2, 0.25) is 0 Å². The molecule has 6 heteroatoms. The molecule has 128 valence electrons. The summed E-state index contributed by atoms with van der Waals surface area (Å²) in [5.74, 6) is 0.211. The van der Waals surface area contributed by atoms with E-state index >= 15 is 0 Å². The van der Waals surface area contributed by atoms with Gasteiger partial charge in [0, 0.05) is 24.6 Å². The minimum Gasteiger partial charge on any atom is -0.455 e. The zero-order chi connectivity index (χ0) is 16.6. The summed E-state index contributed by atoms with van der Waals surface area (Å²) in [5.41, 5.74) is 0.609. The van der Waals surface area contributed by atoms with Gasteiger partial charge in [-0.3, -0.25) is 9.59 Å². The molecule has 0 bridgehead atoms. The Morgan fingerprint density at radius 3 is 2.62 bits per heavy atom. The van der Waals surface area contributed by atoms with Crippen molar-refractivity contribution in [3.05, 3.63) is 18.2 Å². The van der Waals surface area contributed by atoms with E-state index in [9.17, 15) is 9.59 Å². The van der Waals surface area contributed by atoms with Crippen LogP contribution in [0.1, 0.15) is 44.9 Å². The highest BCUT2D eigenvalue weighted by Crippen LogP contribution is 2.46. The molecule has 3 aliphatic rings. The SMILES string of the molecule is O=C(COC(=O)C1CC1)Nc1ccc2c(c1)OC1(CCCCC1)O2. The first-order chi connectivity index (χ1) is 11.6. The largest absolute Gasteiger partial charge is 0.455 e. The Hall–Kier alpha value is -2.24. The molecule has 1 amide bonds. The van der Waals surface area contributed by atoms with Gasteiger partial charge in [-0.2, -0.15) is 0 Å². The summed E-state index contributed by atoms with van der Waals surface area (Å²) in [5, 5.41) is 2.73. The van der Waals surface area contributed by atoms with Crippen LogP contribution >= 0.6 is 0 Å². The zero-order valence-electron chi connectivity index (χ0n) is 13.5. The fraction of sp³-hybridized carbons (Fsp3) is 0.556. The fourth-order valence-corrected chi connectivity index (χ4v) is 3.24. The Balaban J connectivity index is 1.35. The van der Waals surface area contributed by atoms with Crippen LogP contribution in [0.25, 0.3) is 0 Å². The van der Waals surface area contributed by atoms with E-state index in [1.165, 1.54) is 6.42 Å². The molecular weight excluding hydrogens is 310 g/mol. The van der Waals surface area contributed by atoms with Crippen molar-refractivity contribution in [1.82, 2.24) is 0 Å². The lowest BCUT2D eigenvalue weighted by atomic mass is 9.94. The molecule has 4 rings (SSSR count). The summed E-state index contributed by atoms with van der Waals surface area (Å²) in [6.45, 7) is -0.256. The van der Waals surface area contributed by atoms with Crippen LogP contribution in [-0.2, 0) is 14.3 Å². The molecule has 2 fully saturated rings. The van der Waals surface area contributed by atoms with Gasteiger partial charge in [-0.1, -0.05) is 6.42 Å². The highest BCUT2D eigenvalue weighted by molar-refractivity contribution is 5.93. The highest BCUT2D eigenvalue weighted by Gasteiger charge is 2.42. The van der Waals surface area contributed by atoms with E-state index in [-0.39, 0.29) is 24.4 Å². The van der Waals surface area contributed by atoms with Gasteiger partial charge in [-0.05, 0) is 37.8 Å². The molecule has 1 aromatic rings. The molecule has 2 saturated carbocycles. The number of benzene rings is 1. The Kier molecular flexibility index (Phi) is 3.82. The maximum atomic E-state index is 11.9. The summed E-state index contributed by atoms with van der Waals surface area (Å²) < 4.78 is 17.0. The second-order valence-electron chi connectivity index (χ2n) is 6.77. The van der Waals surface area contributed by atoms with Gasteiger partial charge >= 0.3 is 5.97 Å². The van der Waals surface area contributed by atoms with Gasteiger partial charge < -0.3 is 19.5 Å².